The first kappa shape index (κ1) is 12.3. The lowest BCUT2D eigenvalue weighted by Gasteiger charge is -2.38. The van der Waals surface area contributed by atoms with Crippen molar-refractivity contribution in [1.29, 1.82) is 0 Å². The molecule has 0 spiro atoms. The highest BCUT2D eigenvalue weighted by atomic mass is 16.3. The minimum atomic E-state index is -0.583. The Hall–Kier alpha value is -0.770. The van der Waals surface area contributed by atoms with Crippen LogP contribution in [0.5, 0.6) is 0 Å². The van der Waals surface area contributed by atoms with Gasteiger partial charge in [0.05, 0.1) is 5.60 Å². The van der Waals surface area contributed by atoms with Crippen LogP contribution in [0, 0.1) is 0 Å². The summed E-state index contributed by atoms with van der Waals surface area (Å²) in [7, 11) is 0. The molecule has 0 bridgehead atoms. The average molecular weight is 214 g/mol. The maximum absolute atomic E-state index is 11.9. The lowest BCUT2D eigenvalue weighted by molar-refractivity contribution is 0.000911. The van der Waals surface area contributed by atoms with Gasteiger partial charge in [0, 0.05) is 26.2 Å². The van der Waals surface area contributed by atoms with E-state index in [1.807, 2.05) is 30.6 Å². The van der Waals surface area contributed by atoms with Crippen LogP contribution in [0.3, 0.4) is 0 Å². The summed E-state index contributed by atoms with van der Waals surface area (Å²) in [6.07, 6.45) is 1.36. The number of amides is 2. The van der Waals surface area contributed by atoms with Crippen molar-refractivity contribution in [3.8, 4) is 0 Å². The molecule has 1 aliphatic rings. The largest absolute Gasteiger partial charge is 0.390 e. The quantitative estimate of drug-likeness (QED) is 0.753. The Morgan fingerprint density at radius 3 is 2.20 bits per heavy atom. The van der Waals surface area contributed by atoms with Crippen molar-refractivity contribution >= 4 is 6.03 Å². The van der Waals surface area contributed by atoms with Gasteiger partial charge in [-0.05, 0) is 33.6 Å². The van der Waals surface area contributed by atoms with Gasteiger partial charge in [-0.25, -0.2) is 4.79 Å². The molecule has 4 heteroatoms. The number of urea groups is 1. The van der Waals surface area contributed by atoms with E-state index in [4.69, 9.17) is 0 Å². The zero-order valence-electron chi connectivity index (χ0n) is 9.99. The standard InChI is InChI=1S/C11H22N2O2/c1-4-12(5-2)10(14)13-8-6-11(3,15)7-9-13/h15H,4-9H2,1-3H3. The maximum atomic E-state index is 11.9. The minimum absolute atomic E-state index is 0.107. The number of rotatable bonds is 2. The van der Waals surface area contributed by atoms with Crippen LogP contribution in [-0.2, 0) is 0 Å². The molecule has 0 radical (unpaired) electrons. The summed E-state index contributed by atoms with van der Waals surface area (Å²) >= 11 is 0. The van der Waals surface area contributed by atoms with Crippen molar-refractivity contribution in [2.24, 2.45) is 0 Å². The smallest absolute Gasteiger partial charge is 0.319 e. The molecule has 0 aliphatic carbocycles. The Morgan fingerprint density at radius 2 is 1.80 bits per heavy atom. The second kappa shape index (κ2) is 4.84. The van der Waals surface area contributed by atoms with Crippen molar-refractivity contribution in [3.63, 3.8) is 0 Å². The molecule has 1 N–H and O–H groups in total. The van der Waals surface area contributed by atoms with Gasteiger partial charge < -0.3 is 14.9 Å². The molecule has 0 saturated carbocycles. The van der Waals surface area contributed by atoms with E-state index in [0.29, 0.717) is 25.9 Å². The molecule has 0 atom stereocenters. The number of hydrogen-bond acceptors (Lipinski definition) is 2. The fraction of sp³-hybridized carbons (Fsp3) is 0.909. The lowest BCUT2D eigenvalue weighted by Crippen LogP contribution is -2.50. The van der Waals surface area contributed by atoms with Crippen molar-refractivity contribution < 1.29 is 9.90 Å². The van der Waals surface area contributed by atoms with Crippen molar-refractivity contribution in [1.82, 2.24) is 9.80 Å². The average Bonchev–Trinajstić information content (AvgIpc) is 2.19. The number of piperidine rings is 1. The molecule has 1 saturated heterocycles. The van der Waals surface area contributed by atoms with Gasteiger partial charge in [-0.15, -0.1) is 0 Å². The van der Waals surface area contributed by atoms with E-state index in [1.165, 1.54) is 0 Å². The van der Waals surface area contributed by atoms with E-state index in [0.717, 1.165) is 13.1 Å². The molecule has 15 heavy (non-hydrogen) atoms. The number of likely N-dealkylation sites (tertiary alicyclic amines) is 1. The fourth-order valence-corrected chi connectivity index (χ4v) is 1.87. The normalized spacial score (nSPS) is 20.1. The molecule has 1 rings (SSSR count). The first-order valence-corrected chi connectivity index (χ1v) is 5.76. The Labute approximate surface area is 91.9 Å². The summed E-state index contributed by atoms with van der Waals surface area (Å²) in [6.45, 7) is 8.66. The van der Waals surface area contributed by atoms with E-state index in [2.05, 4.69) is 0 Å². The highest BCUT2D eigenvalue weighted by molar-refractivity contribution is 5.74. The van der Waals surface area contributed by atoms with E-state index < -0.39 is 5.60 Å². The molecular formula is C11H22N2O2. The van der Waals surface area contributed by atoms with Gasteiger partial charge in [0.2, 0.25) is 0 Å². The molecule has 0 aromatic heterocycles. The summed E-state index contributed by atoms with van der Waals surface area (Å²) in [6, 6.07) is 0.107. The molecule has 0 unspecified atom stereocenters. The van der Waals surface area contributed by atoms with Crippen LogP contribution in [0.15, 0.2) is 0 Å². The molecule has 0 aromatic rings. The van der Waals surface area contributed by atoms with Gasteiger partial charge >= 0.3 is 6.03 Å². The van der Waals surface area contributed by atoms with E-state index in [9.17, 15) is 9.90 Å². The van der Waals surface area contributed by atoms with Crippen LogP contribution in [0.4, 0.5) is 4.79 Å². The number of nitrogens with zero attached hydrogens (tertiary/aromatic N) is 2. The highest BCUT2D eigenvalue weighted by Crippen LogP contribution is 2.21. The van der Waals surface area contributed by atoms with Crippen LogP contribution in [0.1, 0.15) is 33.6 Å². The zero-order valence-corrected chi connectivity index (χ0v) is 9.99. The summed E-state index contributed by atoms with van der Waals surface area (Å²) in [4.78, 5) is 15.6. The third-order valence-corrected chi connectivity index (χ3v) is 3.15. The van der Waals surface area contributed by atoms with Crippen LogP contribution < -0.4 is 0 Å². The fourth-order valence-electron chi connectivity index (χ4n) is 1.87. The SMILES string of the molecule is CCN(CC)C(=O)N1CCC(C)(O)CC1. The third kappa shape index (κ3) is 3.09. The number of hydrogen-bond donors (Lipinski definition) is 1. The van der Waals surface area contributed by atoms with Crippen LogP contribution in [0.2, 0.25) is 0 Å². The van der Waals surface area contributed by atoms with Crippen molar-refractivity contribution in [2.75, 3.05) is 26.2 Å². The van der Waals surface area contributed by atoms with Gasteiger partial charge in [0.1, 0.15) is 0 Å². The second-order valence-electron chi connectivity index (χ2n) is 4.44. The predicted octanol–water partition coefficient (Wildman–Crippen LogP) is 1.30. The van der Waals surface area contributed by atoms with E-state index in [-0.39, 0.29) is 6.03 Å². The minimum Gasteiger partial charge on any atom is -0.390 e. The van der Waals surface area contributed by atoms with Gasteiger partial charge in [-0.2, -0.15) is 0 Å². The molecule has 0 aromatic carbocycles. The first-order chi connectivity index (χ1) is 7.00. The highest BCUT2D eigenvalue weighted by Gasteiger charge is 2.30. The van der Waals surface area contributed by atoms with Crippen molar-refractivity contribution in [3.05, 3.63) is 0 Å². The van der Waals surface area contributed by atoms with E-state index in [1.54, 1.807) is 0 Å². The Kier molecular flexibility index (Phi) is 3.97. The number of aliphatic hydroxyl groups is 1. The number of carbonyl (C=O) groups excluding carboxylic acids is 1. The van der Waals surface area contributed by atoms with E-state index >= 15 is 0 Å². The van der Waals surface area contributed by atoms with Crippen LogP contribution >= 0.6 is 0 Å². The first-order valence-electron chi connectivity index (χ1n) is 5.76. The van der Waals surface area contributed by atoms with Crippen LogP contribution in [-0.4, -0.2) is 52.7 Å². The topological polar surface area (TPSA) is 43.8 Å². The van der Waals surface area contributed by atoms with Crippen LogP contribution in [0.25, 0.3) is 0 Å². The number of carbonyl (C=O) groups is 1. The van der Waals surface area contributed by atoms with Gasteiger partial charge in [-0.1, -0.05) is 0 Å². The monoisotopic (exact) mass is 214 g/mol. The second-order valence-corrected chi connectivity index (χ2v) is 4.44. The van der Waals surface area contributed by atoms with Gasteiger partial charge in [0.15, 0.2) is 0 Å². The van der Waals surface area contributed by atoms with Gasteiger partial charge in [-0.3, -0.25) is 0 Å². The van der Waals surface area contributed by atoms with Crippen molar-refractivity contribution in [2.45, 2.75) is 39.2 Å². The Morgan fingerprint density at radius 1 is 1.33 bits per heavy atom. The molecule has 1 fully saturated rings. The maximum Gasteiger partial charge on any atom is 0.319 e. The summed E-state index contributed by atoms with van der Waals surface area (Å²) in [5, 5.41) is 9.78. The van der Waals surface area contributed by atoms with Gasteiger partial charge in [0.25, 0.3) is 0 Å². The lowest BCUT2D eigenvalue weighted by atomic mass is 9.94. The molecule has 1 heterocycles. The Balaban J connectivity index is 2.49. The molecule has 2 amide bonds. The molecule has 1 aliphatic heterocycles. The summed E-state index contributed by atoms with van der Waals surface area (Å²) in [5.41, 5.74) is -0.583. The zero-order chi connectivity index (χ0) is 11.5. The molecule has 4 nitrogen and oxygen atoms in total. The predicted molar refractivity (Wildman–Crippen MR) is 59.7 cm³/mol. The molecular weight excluding hydrogens is 192 g/mol. The Bertz CT molecular complexity index is 215. The molecule has 88 valence electrons. The summed E-state index contributed by atoms with van der Waals surface area (Å²) < 4.78 is 0. The third-order valence-electron chi connectivity index (χ3n) is 3.15. The summed E-state index contributed by atoms with van der Waals surface area (Å²) in [5.74, 6) is 0.